The summed E-state index contributed by atoms with van der Waals surface area (Å²) in [6.45, 7) is 5.46. The van der Waals surface area contributed by atoms with E-state index in [1.807, 2.05) is 4.68 Å². The largest absolute Gasteiger partial charge is 0.315 e. The molecule has 16 heavy (non-hydrogen) atoms. The summed E-state index contributed by atoms with van der Waals surface area (Å²) < 4.78 is 1.87. The highest BCUT2D eigenvalue weighted by atomic mass is 15.3. The van der Waals surface area contributed by atoms with Gasteiger partial charge >= 0.3 is 0 Å². The van der Waals surface area contributed by atoms with E-state index >= 15 is 0 Å². The third-order valence-corrected chi connectivity index (χ3v) is 3.46. The lowest BCUT2D eigenvalue weighted by Gasteiger charge is -2.26. The number of hydrogen-bond donors (Lipinski definition) is 1. The summed E-state index contributed by atoms with van der Waals surface area (Å²) in [4.78, 5) is 3.92. The molecule has 0 amide bonds. The Bertz CT molecular complexity index is 283. The average Bonchev–Trinajstić information content (AvgIpc) is 2.77. The minimum Gasteiger partial charge on any atom is -0.315 e. The van der Waals surface area contributed by atoms with E-state index in [-0.39, 0.29) is 0 Å². The average molecular weight is 222 g/mol. The second-order valence-corrected chi connectivity index (χ2v) is 5.00. The first-order valence-corrected chi connectivity index (χ1v) is 6.37. The van der Waals surface area contributed by atoms with Crippen molar-refractivity contribution in [3.8, 4) is 0 Å². The molecule has 0 bridgehead atoms. The fourth-order valence-corrected chi connectivity index (χ4v) is 2.59. The normalized spacial score (nSPS) is 25.8. The van der Waals surface area contributed by atoms with E-state index in [1.54, 1.807) is 12.7 Å². The molecule has 0 spiro atoms. The highest BCUT2D eigenvalue weighted by Crippen LogP contribution is 2.27. The van der Waals surface area contributed by atoms with E-state index in [0.29, 0.717) is 0 Å². The van der Waals surface area contributed by atoms with Crippen molar-refractivity contribution in [2.75, 3.05) is 13.1 Å². The van der Waals surface area contributed by atoms with Crippen molar-refractivity contribution in [1.82, 2.24) is 20.1 Å². The number of hydrogen-bond acceptors (Lipinski definition) is 3. The number of aromatic nitrogens is 3. The lowest BCUT2D eigenvalue weighted by atomic mass is 9.82. The smallest absolute Gasteiger partial charge is 0.137 e. The summed E-state index contributed by atoms with van der Waals surface area (Å²) in [7, 11) is 0. The fourth-order valence-electron chi connectivity index (χ4n) is 2.59. The maximum absolute atomic E-state index is 4.08. The van der Waals surface area contributed by atoms with Gasteiger partial charge in [-0.3, -0.25) is 4.68 Å². The minimum atomic E-state index is 0.888. The molecule has 1 fully saturated rings. The zero-order chi connectivity index (χ0) is 11.2. The van der Waals surface area contributed by atoms with Crippen molar-refractivity contribution < 1.29 is 0 Å². The Morgan fingerprint density at radius 1 is 1.44 bits per heavy atom. The minimum absolute atomic E-state index is 0.888. The Balaban J connectivity index is 1.57. The molecule has 1 N–H and O–H groups in total. The SMILES string of the molecule is CC1CCCC(CNCCn2cncn2)C1. The van der Waals surface area contributed by atoms with Gasteiger partial charge in [-0.05, 0) is 31.2 Å². The van der Waals surface area contributed by atoms with Crippen molar-refractivity contribution >= 4 is 0 Å². The molecule has 1 aromatic heterocycles. The van der Waals surface area contributed by atoms with Gasteiger partial charge in [-0.1, -0.05) is 19.8 Å². The van der Waals surface area contributed by atoms with Crippen molar-refractivity contribution in [3.63, 3.8) is 0 Å². The Morgan fingerprint density at radius 3 is 3.12 bits per heavy atom. The molecule has 0 radical (unpaired) electrons. The molecule has 0 saturated heterocycles. The summed E-state index contributed by atoms with van der Waals surface area (Å²) in [6, 6.07) is 0. The van der Waals surface area contributed by atoms with Gasteiger partial charge in [0, 0.05) is 6.54 Å². The molecule has 1 aromatic rings. The Kier molecular flexibility index (Phi) is 4.34. The maximum Gasteiger partial charge on any atom is 0.137 e. The van der Waals surface area contributed by atoms with Gasteiger partial charge in [0.1, 0.15) is 12.7 Å². The van der Waals surface area contributed by atoms with Crippen molar-refractivity contribution in [2.45, 2.75) is 39.2 Å². The summed E-state index contributed by atoms with van der Waals surface area (Å²) >= 11 is 0. The maximum atomic E-state index is 4.08. The molecule has 90 valence electrons. The molecule has 1 saturated carbocycles. The highest BCUT2D eigenvalue weighted by Gasteiger charge is 2.17. The van der Waals surface area contributed by atoms with E-state index < -0.39 is 0 Å². The molecular formula is C12H22N4. The van der Waals surface area contributed by atoms with E-state index in [9.17, 15) is 0 Å². The van der Waals surface area contributed by atoms with Crippen LogP contribution in [0.1, 0.15) is 32.6 Å². The summed E-state index contributed by atoms with van der Waals surface area (Å²) in [5.74, 6) is 1.82. The second-order valence-electron chi connectivity index (χ2n) is 5.00. The van der Waals surface area contributed by atoms with Crippen LogP contribution >= 0.6 is 0 Å². The quantitative estimate of drug-likeness (QED) is 0.771. The highest BCUT2D eigenvalue weighted by molar-refractivity contribution is 4.72. The van der Waals surface area contributed by atoms with Gasteiger partial charge in [0.2, 0.25) is 0 Å². The van der Waals surface area contributed by atoms with Crippen molar-refractivity contribution in [3.05, 3.63) is 12.7 Å². The van der Waals surface area contributed by atoms with Crippen LogP contribution in [0.4, 0.5) is 0 Å². The van der Waals surface area contributed by atoms with Gasteiger partial charge in [0.25, 0.3) is 0 Å². The van der Waals surface area contributed by atoms with Crippen LogP contribution < -0.4 is 5.32 Å². The van der Waals surface area contributed by atoms with Gasteiger partial charge < -0.3 is 5.32 Å². The van der Waals surface area contributed by atoms with Crippen LogP contribution in [0.25, 0.3) is 0 Å². The summed E-state index contributed by atoms with van der Waals surface area (Å²) in [5.41, 5.74) is 0. The zero-order valence-corrected chi connectivity index (χ0v) is 10.1. The Labute approximate surface area is 97.5 Å². The molecule has 1 aliphatic carbocycles. The van der Waals surface area contributed by atoms with E-state index in [0.717, 1.165) is 24.9 Å². The molecule has 2 atom stereocenters. The molecule has 1 heterocycles. The lowest BCUT2D eigenvalue weighted by Crippen LogP contribution is -2.29. The van der Waals surface area contributed by atoms with Crippen LogP contribution in [0.5, 0.6) is 0 Å². The van der Waals surface area contributed by atoms with E-state index in [4.69, 9.17) is 0 Å². The van der Waals surface area contributed by atoms with Crippen LogP contribution in [-0.2, 0) is 6.54 Å². The monoisotopic (exact) mass is 222 g/mol. The van der Waals surface area contributed by atoms with Gasteiger partial charge in [0.05, 0.1) is 6.54 Å². The first kappa shape index (κ1) is 11.6. The standard InChI is InChI=1S/C12H22N4/c1-11-3-2-4-12(7-11)8-13-5-6-16-10-14-9-15-16/h9-13H,2-8H2,1H3. The number of nitrogens with zero attached hydrogens (tertiary/aromatic N) is 3. The van der Waals surface area contributed by atoms with Gasteiger partial charge in [-0.15, -0.1) is 0 Å². The molecule has 2 rings (SSSR count). The summed E-state index contributed by atoms with van der Waals surface area (Å²) in [5, 5.41) is 7.60. The summed E-state index contributed by atoms with van der Waals surface area (Å²) in [6.07, 6.45) is 9.00. The van der Waals surface area contributed by atoms with E-state index in [2.05, 4.69) is 22.3 Å². The molecule has 4 nitrogen and oxygen atoms in total. The van der Waals surface area contributed by atoms with Gasteiger partial charge in [-0.25, -0.2) is 4.98 Å². The number of rotatable bonds is 5. The molecule has 1 aliphatic rings. The molecule has 2 unspecified atom stereocenters. The van der Waals surface area contributed by atoms with Crippen molar-refractivity contribution in [2.24, 2.45) is 11.8 Å². The van der Waals surface area contributed by atoms with Crippen LogP contribution in [0.2, 0.25) is 0 Å². The zero-order valence-electron chi connectivity index (χ0n) is 10.1. The second kappa shape index (κ2) is 5.99. The first-order chi connectivity index (χ1) is 7.84. The van der Waals surface area contributed by atoms with Crippen LogP contribution in [0, 0.1) is 11.8 Å². The van der Waals surface area contributed by atoms with Crippen LogP contribution in [0.15, 0.2) is 12.7 Å². The lowest BCUT2D eigenvalue weighted by molar-refractivity contribution is 0.273. The predicted octanol–water partition coefficient (Wildman–Crippen LogP) is 1.69. The third kappa shape index (κ3) is 3.59. The van der Waals surface area contributed by atoms with Crippen LogP contribution in [0.3, 0.4) is 0 Å². The molecule has 0 aromatic carbocycles. The van der Waals surface area contributed by atoms with Gasteiger partial charge in [-0.2, -0.15) is 5.10 Å². The topological polar surface area (TPSA) is 42.7 Å². The first-order valence-electron chi connectivity index (χ1n) is 6.37. The van der Waals surface area contributed by atoms with Gasteiger partial charge in [0.15, 0.2) is 0 Å². The predicted molar refractivity (Wildman–Crippen MR) is 64.0 cm³/mol. The fraction of sp³-hybridized carbons (Fsp3) is 0.833. The van der Waals surface area contributed by atoms with E-state index in [1.165, 1.54) is 32.2 Å². The number of nitrogens with one attached hydrogen (secondary N) is 1. The molecular weight excluding hydrogens is 200 g/mol. The Hall–Kier alpha value is -0.900. The Morgan fingerprint density at radius 2 is 2.38 bits per heavy atom. The van der Waals surface area contributed by atoms with Crippen molar-refractivity contribution in [1.29, 1.82) is 0 Å². The van der Waals surface area contributed by atoms with Crippen LogP contribution in [-0.4, -0.2) is 27.9 Å². The third-order valence-electron chi connectivity index (χ3n) is 3.46. The molecule has 4 heteroatoms. The molecule has 0 aliphatic heterocycles.